The summed E-state index contributed by atoms with van der Waals surface area (Å²) in [5.74, 6) is 0.424. The van der Waals surface area contributed by atoms with Crippen LogP contribution in [0, 0.1) is 19.8 Å². The van der Waals surface area contributed by atoms with Crippen LogP contribution in [0.4, 0.5) is 0 Å². The summed E-state index contributed by atoms with van der Waals surface area (Å²) in [6, 6.07) is 0.334. The number of nitrogens with one attached hydrogen (secondary N) is 1. The Kier molecular flexibility index (Phi) is 4.89. The Morgan fingerprint density at radius 1 is 1.31 bits per heavy atom. The van der Waals surface area contributed by atoms with Crippen LogP contribution in [-0.2, 0) is 0 Å². The lowest BCUT2D eigenvalue weighted by atomic mass is 10.0. The lowest BCUT2D eigenvalue weighted by Gasteiger charge is -2.24. The predicted molar refractivity (Wildman–Crippen MR) is 68.9 cm³/mol. The van der Waals surface area contributed by atoms with Gasteiger partial charge in [-0.1, -0.05) is 13.8 Å². The fourth-order valence-corrected chi connectivity index (χ4v) is 2.72. The highest BCUT2D eigenvalue weighted by atomic mass is 32.1. The monoisotopic (exact) mass is 242 g/mol. The maximum Gasteiger partial charge on any atom is 0.0900 e. The summed E-state index contributed by atoms with van der Waals surface area (Å²) >= 11 is 1.73. The summed E-state index contributed by atoms with van der Waals surface area (Å²) in [4.78, 5) is 5.79. The summed E-state index contributed by atoms with van der Waals surface area (Å²) in [7, 11) is 0. The molecule has 0 saturated carbocycles. The molecule has 0 bridgehead atoms. The molecule has 0 aliphatic carbocycles. The van der Waals surface area contributed by atoms with Gasteiger partial charge in [-0.3, -0.25) is 0 Å². The number of nitrogens with zero attached hydrogens (tertiary/aromatic N) is 1. The Hall–Kier alpha value is -0.450. The summed E-state index contributed by atoms with van der Waals surface area (Å²) in [5, 5.41) is 13.8. The van der Waals surface area contributed by atoms with Gasteiger partial charge in [0.1, 0.15) is 0 Å². The van der Waals surface area contributed by atoms with E-state index in [1.54, 1.807) is 11.3 Å². The van der Waals surface area contributed by atoms with Gasteiger partial charge >= 0.3 is 0 Å². The van der Waals surface area contributed by atoms with E-state index in [1.165, 1.54) is 4.88 Å². The van der Waals surface area contributed by atoms with E-state index in [0.29, 0.717) is 5.92 Å². The zero-order chi connectivity index (χ0) is 12.3. The second-order valence-electron chi connectivity index (χ2n) is 4.60. The minimum absolute atomic E-state index is 0.136. The molecule has 3 nitrogen and oxygen atoms in total. The third kappa shape index (κ3) is 3.27. The lowest BCUT2D eigenvalue weighted by molar-refractivity contribution is 0.201. The van der Waals surface area contributed by atoms with E-state index < -0.39 is 0 Å². The summed E-state index contributed by atoms with van der Waals surface area (Å²) in [5.41, 5.74) is 1.11. The molecule has 0 amide bonds. The van der Waals surface area contributed by atoms with Crippen LogP contribution < -0.4 is 5.32 Å². The van der Waals surface area contributed by atoms with E-state index in [2.05, 4.69) is 38.0 Å². The van der Waals surface area contributed by atoms with Crippen LogP contribution >= 0.6 is 11.3 Å². The van der Waals surface area contributed by atoms with Gasteiger partial charge in [0.2, 0.25) is 0 Å². The van der Waals surface area contributed by atoms with Gasteiger partial charge in [0.25, 0.3) is 0 Å². The molecule has 1 heterocycles. The molecule has 0 radical (unpaired) electrons. The quantitative estimate of drug-likeness (QED) is 0.833. The average Bonchev–Trinajstić information content (AvgIpc) is 2.53. The molecule has 0 spiro atoms. The SMILES string of the molecule is Cc1nc(C(C)N[C@H](CO)C(C)C)c(C)s1. The van der Waals surface area contributed by atoms with Crippen molar-refractivity contribution in [2.24, 2.45) is 5.92 Å². The van der Waals surface area contributed by atoms with E-state index in [4.69, 9.17) is 0 Å². The van der Waals surface area contributed by atoms with Gasteiger partial charge in [0, 0.05) is 17.0 Å². The van der Waals surface area contributed by atoms with Crippen LogP contribution in [-0.4, -0.2) is 22.7 Å². The first kappa shape index (κ1) is 13.6. The Labute approximate surface area is 102 Å². The van der Waals surface area contributed by atoms with E-state index >= 15 is 0 Å². The molecule has 0 aromatic carbocycles. The zero-order valence-corrected chi connectivity index (χ0v) is 11.6. The lowest BCUT2D eigenvalue weighted by Crippen LogP contribution is -2.38. The maximum atomic E-state index is 9.29. The Morgan fingerprint density at radius 2 is 1.94 bits per heavy atom. The van der Waals surface area contributed by atoms with Gasteiger partial charge in [-0.25, -0.2) is 4.98 Å². The third-order valence-corrected chi connectivity index (χ3v) is 3.72. The Bertz CT molecular complexity index is 336. The summed E-state index contributed by atoms with van der Waals surface area (Å²) in [6.07, 6.45) is 0. The molecular weight excluding hydrogens is 220 g/mol. The van der Waals surface area contributed by atoms with Crippen molar-refractivity contribution >= 4 is 11.3 Å². The van der Waals surface area contributed by atoms with Crippen molar-refractivity contribution < 1.29 is 5.11 Å². The molecule has 1 unspecified atom stereocenters. The molecule has 4 heteroatoms. The zero-order valence-electron chi connectivity index (χ0n) is 10.7. The van der Waals surface area contributed by atoms with Crippen molar-refractivity contribution in [2.75, 3.05) is 6.61 Å². The molecule has 0 saturated heterocycles. The predicted octanol–water partition coefficient (Wildman–Crippen LogP) is 2.43. The fraction of sp³-hybridized carbons (Fsp3) is 0.750. The van der Waals surface area contributed by atoms with Crippen molar-refractivity contribution in [1.29, 1.82) is 0 Å². The number of thiazole rings is 1. The van der Waals surface area contributed by atoms with Crippen molar-refractivity contribution in [1.82, 2.24) is 10.3 Å². The Balaban J connectivity index is 2.71. The molecule has 0 fully saturated rings. The summed E-state index contributed by atoms with van der Waals surface area (Å²) in [6.45, 7) is 10.6. The first-order valence-electron chi connectivity index (χ1n) is 5.76. The topological polar surface area (TPSA) is 45.2 Å². The Morgan fingerprint density at radius 3 is 2.31 bits per heavy atom. The van der Waals surface area contributed by atoms with Crippen LogP contribution in [0.1, 0.15) is 42.4 Å². The molecule has 1 rings (SSSR count). The number of rotatable bonds is 5. The molecule has 92 valence electrons. The van der Waals surface area contributed by atoms with Gasteiger partial charge in [0.05, 0.1) is 17.3 Å². The van der Waals surface area contributed by atoms with E-state index in [1.807, 2.05) is 6.92 Å². The number of aryl methyl sites for hydroxylation is 2. The number of hydrogen-bond acceptors (Lipinski definition) is 4. The van der Waals surface area contributed by atoms with Gasteiger partial charge in [-0.05, 0) is 26.7 Å². The highest BCUT2D eigenvalue weighted by molar-refractivity contribution is 7.11. The van der Waals surface area contributed by atoms with E-state index in [-0.39, 0.29) is 18.7 Å². The van der Waals surface area contributed by atoms with Crippen molar-refractivity contribution in [3.05, 3.63) is 15.6 Å². The van der Waals surface area contributed by atoms with E-state index in [9.17, 15) is 5.11 Å². The number of aliphatic hydroxyl groups excluding tert-OH is 1. The largest absolute Gasteiger partial charge is 0.395 e. The summed E-state index contributed by atoms with van der Waals surface area (Å²) < 4.78 is 0. The number of hydrogen-bond donors (Lipinski definition) is 2. The average molecular weight is 242 g/mol. The molecule has 2 atom stereocenters. The van der Waals surface area contributed by atoms with Crippen LogP contribution in [0.5, 0.6) is 0 Å². The number of aliphatic hydroxyl groups is 1. The molecular formula is C12H22N2OS. The first-order chi connectivity index (χ1) is 7.45. The molecule has 2 N–H and O–H groups in total. The van der Waals surface area contributed by atoms with Crippen molar-refractivity contribution in [3.63, 3.8) is 0 Å². The van der Waals surface area contributed by atoms with Crippen molar-refractivity contribution in [3.8, 4) is 0 Å². The number of aromatic nitrogens is 1. The van der Waals surface area contributed by atoms with Crippen LogP contribution in [0.2, 0.25) is 0 Å². The minimum Gasteiger partial charge on any atom is -0.395 e. The van der Waals surface area contributed by atoms with Crippen LogP contribution in [0.3, 0.4) is 0 Å². The standard InChI is InChI=1S/C12H22N2OS/c1-7(2)11(6-15)13-8(3)12-9(4)16-10(5)14-12/h7-8,11,13,15H,6H2,1-5H3/t8?,11-/m1/s1. The maximum absolute atomic E-state index is 9.29. The second-order valence-corrected chi connectivity index (χ2v) is 6.00. The second kappa shape index (κ2) is 5.75. The molecule has 0 aliphatic heterocycles. The van der Waals surface area contributed by atoms with Crippen LogP contribution in [0.25, 0.3) is 0 Å². The smallest absolute Gasteiger partial charge is 0.0900 e. The van der Waals surface area contributed by atoms with Gasteiger partial charge < -0.3 is 10.4 Å². The molecule has 0 aliphatic rings. The minimum atomic E-state index is 0.136. The van der Waals surface area contributed by atoms with Crippen LogP contribution in [0.15, 0.2) is 0 Å². The van der Waals surface area contributed by atoms with E-state index in [0.717, 1.165) is 10.7 Å². The molecule has 16 heavy (non-hydrogen) atoms. The highest BCUT2D eigenvalue weighted by Crippen LogP contribution is 2.23. The first-order valence-corrected chi connectivity index (χ1v) is 6.58. The molecule has 1 aromatic heterocycles. The van der Waals surface area contributed by atoms with Gasteiger partial charge in [-0.15, -0.1) is 11.3 Å². The fourth-order valence-electron chi connectivity index (χ4n) is 1.80. The van der Waals surface area contributed by atoms with Gasteiger partial charge in [0.15, 0.2) is 0 Å². The van der Waals surface area contributed by atoms with Gasteiger partial charge in [-0.2, -0.15) is 0 Å². The van der Waals surface area contributed by atoms with Crippen molar-refractivity contribution in [2.45, 2.75) is 46.7 Å². The normalized spacial score (nSPS) is 15.4. The molecule has 1 aromatic rings. The third-order valence-electron chi connectivity index (χ3n) is 2.82. The highest BCUT2D eigenvalue weighted by Gasteiger charge is 2.18.